The average molecular weight is 358 g/mol. The van der Waals surface area contributed by atoms with Gasteiger partial charge in [-0.25, -0.2) is 0 Å². The van der Waals surface area contributed by atoms with Crippen molar-refractivity contribution in [2.24, 2.45) is 0 Å². The molecule has 0 radical (unpaired) electrons. The molecule has 0 fully saturated rings. The number of amides is 1. The molecule has 2 aromatic rings. The fraction of sp³-hybridized carbons (Fsp3) is 0.0769. The number of halogens is 2. The van der Waals surface area contributed by atoms with Gasteiger partial charge in [0.1, 0.15) is 12.2 Å². The lowest BCUT2D eigenvalue weighted by atomic mass is 10.2. The number of hydrogen-bond acceptors (Lipinski definition) is 2. The average Bonchev–Trinajstić information content (AvgIpc) is 2.83. The number of hydrogen-bond donors (Lipinski definition) is 2. The molecule has 0 saturated heterocycles. The molecule has 0 aliphatic rings. The smallest absolute Gasteiger partial charge is 0.323 e. The van der Waals surface area contributed by atoms with Crippen LogP contribution < -0.4 is 4.90 Å². The number of H-pyrrole nitrogens is 1. The zero-order valence-electron chi connectivity index (χ0n) is 10.1. The van der Waals surface area contributed by atoms with E-state index in [0.29, 0.717) is 20.9 Å². The summed E-state index contributed by atoms with van der Waals surface area (Å²) in [7, 11) is 0. The second-order valence-electron chi connectivity index (χ2n) is 3.99. The number of carbonyl (C=O) groups is 2. The zero-order chi connectivity index (χ0) is 14.7. The van der Waals surface area contributed by atoms with Crippen LogP contribution in [-0.4, -0.2) is 28.5 Å². The lowest BCUT2D eigenvalue weighted by Gasteiger charge is -2.20. The minimum atomic E-state index is -1.10. The maximum absolute atomic E-state index is 12.4. The lowest BCUT2D eigenvalue weighted by Crippen LogP contribution is -2.35. The van der Waals surface area contributed by atoms with Crippen molar-refractivity contribution in [1.29, 1.82) is 0 Å². The summed E-state index contributed by atoms with van der Waals surface area (Å²) in [5.74, 6) is -1.53. The van der Waals surface area contributed by atoms with Crippen molar-refractivity contribution in [2.75, 3.05) is 11.4 Å². The summed E-state index contributed by atoms with van der Waals surface area (Å²) in [6.07, 6.45) is 1.61. The Morgan fingerprint density at radius 1 is 1.30 bits per heavy atom. The van der Waals surface area contributed by atoms with Crippen LogP contribution in [0.3, 0.4) is 0 Å². The number of aliphatic carboxylic acids is 1. The number of aromatic nitrogens is 1. The van der Waals surface area contributed by atoms with Gasteiger partial charge in [-0.05, 0) is 46.3 Å². The molecule has 20 heavy (non-hydrogen) atoms. The van der Waals surface area contributed by atoms with Crippen LogP contribution in [0.15, 0.2) is 41.0 Å². The minimum absolute atomic E-state index is 0.299. The fourth-order valence-electron chi connectivity index (χ4n) is 1.67. The van der Waals surface area contributed by atoms with Crippen molar-refractivity contribution in [1.82, 2.24) is 4.98 Å². The van der Waals surface area contributed by atoms with Gasteiger partial charge in [-0.3, -0.25) is 14.5 Å². The van der Waals surface area contributed by atoms with Crippen molar-refractivity contribution < 1.29 is 14.7 Å². The van der Waals surface area contributed by atoms with Gasteiger partial charge >= 0.3 is 5.97 Å². The Hall–Kier alpha value is -1.79. The van der Waals surface area contributed by atoms with Crippen LogP contribution >= 0.6 is 27.5 Å². The van der Waals surface area contributed by atoms with E-state index in [9.17, 15) is 9.59 Å². The molecule has 0 atom stereocenters. The molecule has 2 rings (SSSR count). The van der Waals surface area contributed by atoms with Gasteiger partial charge in [0.15, 0.2) is 0 Å². The van der Waals surface area contributed by atoms with Crippen molar-refractivity contribution in [2.45, 2.75) is 0 Å². The summed E-state index contributed by atoms with van der Waals surface area (Å²) in [5, 5.41) is 9.47. The molecule has 5 nitrogen and oxygen atoms in total. The topological polar surface area (TPSA) is 73.4 Å². The second kappa shape index (κ2) is 6.11. The summed E-state index contributed by atoms with van der Waals surface area (Å²) in [6, 6.07) is 7.99. The monoisotopic (exact) mass is 356 g/mol. The number of carboxylic acids is 1. The minimum Gasteiger partial charge on any atom is -0.480 e. The number of nitrogens with zero attached hydrogens (tertiary/aromatic N) is 1. The summed E-state index contributed by atoms with van der Waals surface area (Å²) in [5.41, 5.74) is 0.764. The number of carbonyl (C=O) groups excluding carboxylic acids is 1. The van der Waals surface area contributed by atoms with E-state index in [4.69, 9.17) is 16.7 Å². The van der Waals surface area contributed by atoms with Crippen LogP contribution in [0.2, 0.25) is 5.02 Å². The van der Waals surface area contributed by atoms with Crippen molar-refractivity contribution in [3.8, 4) is 0 Å². The molecule has 0 aliphatic carbocycles. The Bertz CT molecular complexity index is 639. The first-order chi connectivity index (χ1) is 9.47. The maximum atomic E-state index is 12.4. The van der Waals surface area contributed by atoms with Gasteiger partial charge in [0, 0.05) is 21.4 Å². The third-order valence-electron chi connectivity index (χ3n) is 2.56. The molecule has 0 spiro atoms. The highest BCUT2D eigenvalue weighted by atomic mass is 79.9. The number of rotatable bonds is 4. The van der Waals surface area contributed by atoms with Crippen LogP contribution in [0, 0.1) is 0 Å². The van der Waals surface area contributed by atoms with Gasteiger partial charge in [-0.1, -0.05) is 11.6 Å². The molecule has 0 unspecified atom stereocenters. The van der Waals surface area contributed by atoms with Crippen LogP contribution in [0.4, 0.5) is 5.69 Å². The molecular formula is C13H10BrClN2O3. The van der Waals surface area contributed by atoms with E-state index < -0.39 is 18.4 Å². The first-order valence-corrected chi connectivity index (χ1v) is 6.77. The maximum Gasteiger partial charge on any atom is 0.323 e. The molecule has 0 bridgehead atoms. The summed E-state index contributed by atoms with van der Waals surface area (Å²) in [4.78, 5) is 27.3. The van der Waals surface area contributed by atoms with Gasteiger partial charge in [-0.2, -0.15) is 0 Å². The van der Waals surface area contributed by atoms with Crippen molar-refractivity contribution >= 4 is 45.1 Å². The normalized spacial score (nSPS) is 10.3. The molecule has 1 aromatic heterocycles. The number of carboxylic acid groups (broad SMARTS) is 1. The van der Waals surface area contributed by atoms with Gasteiger partial charge in [0.05, 0.1) is 0 Å². The first kappa shape index (κ1) is 14.6. The lowest BCUT2D eigenvalue weighted by molar-refractivity contribution is -0.135. The highest BCUT2D eigenvalue weighted by Crippen LogP contribution is 2.21. The van der Waals surface area contributed by atoms with E-state index in [-0.39, 0.29) is 0 Å². The molecule has 7 heteroatoms. The van der Waals surface area contributed by atoms with Crippen LogP contribution in [0.5, 0.6) is 0 Å². The highest BCUT2D eigenvalue weighted by Gasteiger charge is 2.21. The molecule has 0 aliphatic heterocycles. The van der Waals surface area contributed by atoms with Gasteiger partial charge in [-0.15, -0.1) is 0 Å². The first-order valence-electron chi connectivity index (χ1n) is 5.60. The molecule has 2 N–H and O–H groups in total. The van der Waals surface area contributed by atoms with E-state index in [1.165, 1.54) is 0 Å². The van der Waals surface area contributed by atoms with E-state index >= 15 is 0 Å². The number of benzene rings is 1. The second-order valence-corrected chi connectivity index (χ2v) is 5.35. The zero-order valence-corrected chi connectivity index (χ0v) is 12.5. The van der Waals surface area contributed by atoms with E-state index in [1.54, 1.807) is 36.5 Å². The third kappa shape index (κ3) is 3.40. The van der Waals surface area contributed by atoms with Gasteiger partial charge < -0.3 is 10.1 Å². The third-order valence-corrected chi connectivity index (χ3v) is 3.26. The predicted molar refractivity (Wildman–Crippen MR) is 79.3 cm³/mol. The number of anilines is 1. The van der Waals surface area contributed by atoms with Crippen LogP contribution in [0.1, 0.15) is 10.5 Å². The summed E-state index contributed by atoms with van der Waals surface area (Å²) < 4.78 is 0.715. The molecule has 104 valence electrons. The Kier molecular flexibility index (Phi) is 4.46. The van der Waals surface area contributed by atoms with Gasteiger partial charge in [0.2, 0.25) is 0 Å². The van der Waals surface area contributed by atoms with E-state index in [2.05, 4.69) is 20.9 Å². The summed E-state index contributed by atoms with van der Waals surface area (Å²) >= 11 is 9.02. The molecule has 0 saturated carbocycles. The predicted octanol–water partition coefficient (Wildman–Crippen LogP) is 3.16. The largest absolute Gasteiger partial charge is 0.480 e. The Morgan fingerprint density at radius 2 is 1.95 bits per heavy atom. The molecular weight excluding hydrogens is 348 g/mol. The Balaban J connectivity index is 2.34. The van der Waals surface area contributed by atoms with E-state index in [0.717, 1.165) is 4.90 Å². The van der Waals surface area contributed by atoms with Crippen LogP contribution in [-0.2, 0) is 4.79 Å². The summed E-state index contributed by atoms with van der Waals surface area (Å²) in [6.45, 7) is -0.433. The Morgan fingerprint density at radius 3 is 2.45 bits per heavy atom. The van der Waals surface area contributed by atoms with Crippen molar-refractivity contribution in [3.05, 3.63) is 51.7 Å². The SMILES string of the molecule is O=C(O)CN(C(=O)c1cc(Br)c[nH]1)c1ccc(Cl)cc1. The number of aromatic amines is 1. The molecule has 1 amide bonds. The molecule has 1 heterocycles. The van der Waals surface area contributed by atoms with Crippen LogP contribution in [0.25, 0.3) is 0 Å². The Labute approximate surface area is 128 Å². The van der Waals surface area contributed by atoms with Crippen molar-refractivity contribution in [3.63, 3.8) is 0 Å². The molecule has 1 aromatic carbocycles. The highest BCUT2D eigenvalue weighted by molar-refractivity contribution is 9.10. The van der Waals surface area contributed by atoms with Gasteiger partial charge in [0.25, 0.3) is 5.91 Å². The quantitative estimate of drug-likeness (QED) is 0.883. The van der Waals surface area contributed by atoms with E-state index in [1.807, 2.05) is 0 Å². The number of nitrogens with one attached hydrogen (secondary N) is 1. The fourth-order valence-corrected chi connectivity index (χ4v) is 2.14. The standard InChI is InChI=1S/C13H10BrClN2O3/c14-8-5-11(16-6-8)13(20)17(7-12(18)19)10-3-1-9(15)2-4-10/h1-6,16H,7H2,(H,18,19).